The topological polar surface area (TPSA) is 66.5 Å². The molecule has 0 aliphatic heterocycles. The van der Waals surface area contributed by atoms with Crippen molar-refractivity contribution < 1.29 is 10.2 Å². The Morgan fingerprint density at radius 2 is 2.07 bits per heavy atom. The predicted molar refractivity (Wildman–Crippen MR) is 60.7 cm³/mol. The standard InChI is InChI=1S/C9H12ClNO2S/c10-5-1-2-7(11)6(3-5)9(13)8(12)4-14/h1-3,8-9,12-14H,4,11H2. The minimum absolute atomic E-state index is 0.160. The summed E-state index contributed by atoms with van der Waals surface area (Å²) in [5.74, 6) is 0.160. The number of aliphatic hydroxyl groups excluding tert-OH is 2. The Kier molecular flexibility index (Phi) is 4.07. The predicted octanol–water partition coefficient (Wildman–Crippen LogP) is 1.25. The Labute approximate surface area is 92.9 Å². The summed E-state index contributed by atoms with van der Waals surface area (Å²) in [7, 11) is 0. The lowest BCUT2D eigenvalue weighted by atomic mass is 10.0. The molecule has 0 heterocycles. The highest BCUT2D eigenvalue weighted by molar-refractivity contribution is 7.80. The summed E-state index contributed by atoms with van der Waals surface area (Å²) in [5.41, 5.74) is 6.46. The third kappa shape index (κ3) is 2.54. The van der Waals surface area contributed by atoms with Crippen molar-refractivity contribution in [1.82, 2.24) is 0 Å². The van der Waals surface area contributed by atoms with Crippen LogP contribution in [0.4, 0.5) is 5.69 Å². The van der Waals surface area contributed by atoms with Gasteiger partial charge in [0.05, 0.1) is 6.10 Å². The van der Waals surface area contributed by atoms with E-state index in [1.165, 1.54) is 6.07 Å². The molecule has 0 bridgehead atoms. The van der Waals surface area contributed by atoms with E-state index in [1.807, 2.05) is 0 Å². The van der Waals surface area contributed by atoms with E-state index in [-0.39, 0.29) is 5.75 Å². The Bertz CT molecular complexity index is 322. The van der Waals surface area contributed by atoms with Crippen LogP contribution in [0.2, 0.25) is 5.02 Å². The van der Waals surface area contributed by atoms with E-state index in [1.54, 1.807) is 12.1 Å². The lowest BCUT2D eigenvalue weighted by Gasteiger charge is -2.17. The number of benzene rings is 1. The molecular weight excluding hydrogens is 222 g/mol. The smallest absolute Gasteiger partial charge is 0.108 e. The first-order valence-corrected chi connectivity index (χ1v) is 5.09. The molecule has 0 radical (unpaired) electrons. The second kappa shape index (κ2) is 4.89. The highest BCUT2D eigenvalue weighted by Crippen LogP contribution is 2.26. The highest BCUT2D eigenvalue weighted by Gasteiger charge is 2.19. The van der Waals surface area contributed by atoms with Gasteiger partial charge in [0.25, 0.3) is 0 Å². The molecule has 78 valence electrons. The molecule has 0 aromatic heterocycles. The van der Waals surface area contributed by atoms with Gasteiger partial charge in [0, 0.05) is 22.0 Å². The minimum Gasteiger partial charge on any atom is -0.398 e. The van der Waals surface area contributed by atoms with Crippen LogP contribution in [0.5, 0.6) is 0 Å². The van der Waals surface area contributed by atoms with Gasteiger partial charge in [0.2, 0.25) is 0 Å². The average Bonchev–Trinajstić information content (AvgIpc) is 2.19. The summed E-state index contributed by atoms with van der Waals surface area (Å²) in [6, 6.07) is 4.75. The first kappa shape index (κ1) is 11.7. The van der Waals surface area contributed by atoms with E-state index in [0.29, 0.717) is 16.3 Å². The normalized spacial score (nSPS) is 15.1. The zero-order valence-corrected chi connectivity index (χ0v) is 9.04. The third-order valence-corrected chi connectivity index (χ3v) is 2.53. The van der Waals surface area contributed by atoms with Crippen LogP contribution in [-0.4, -0.2) is 22.1 Å². The van der Waals surface area contributed by atoms with Crippen molar-refractivity contribution in [3.8, 4) is 0 Å². The molecule has 3 nitrogen and oxygen atoms in total. The zero-order chi connectivity index (χ0) is 10.7. The second-order valence-corrected chi connectivity index (χ2v) is 3.77. The summed E-state index contributed by atoms with van der Waals surface area (Å²) < 4.78 is 0. The molecule has 0 aliphatic rings. The molecule has 0 spiro atoms. The molecule has 5 heteroatoms. The zero-order valence-electron chi connectivity index (χ0n) is 7.39. The lowest BCUT2D eigenvalue weighted by molar-refractivity contribution is 0.0342. The number of rotatable bonds is 3. The van der Waals surface area contributed by atoms with Crippen molar-refractivity contribution in [2.45, 2.75) is 12.2 Å². The molecule has 0 aliphatic carbocycles. The van der Waals surface area contributed by atoms with Gasteiger partial charge in [0.1, 0.15) is 6.10 Å². The maximum atomic E-state index is 9.66. The summed E-state index contributed by atoms with van der Waals surface area (Å²) >= 11 is 9.62. The summed E-state index contributed by atoms with van der Waals surface area (Å²) in [6.45, 7) is 0. The van der Waals surface area contributed by atoms with Gasteiger partial charge in [-0.2, -0.15) is 12.6 Å². The SMILES string of the molecule is Nc1ccc(Cl)cc1C(O)C(O)CS. The molecule has 0 saturated carbocycles. The molecule has 0 amide bonds. The Hall–Kier alpha value is -0.420. The summed E-state index contributed by atoms with van der Waals surface area (Å²) in [4.78, 5) is 0. The largest absolute Gasteiger partial charge is 0.398 e. The van der Waals surface area contributed by atoms with Gasteiger partial charge < -0.3 is 15.9 Å². The quantitative estimate of drug-likeness (QED) is 0.469. The van der Waals surface area contributed by atoms with Crippen molar-refractivity contribution in [2.24, 2.45) is 0 Å². The van der Waals surface area contributed by atoms with Gasteiger partial charge in [-0.25, -0.2) is 0 Å². The third-order valence-electron chi connectivity index (χ3n) is 1.92. The van der Waals surface area contributed by atoms with Crippen molar-refractivity contribution >= 4 is 29.9 Å². The Morgan fingerprint density at radius 1 is 1.43 bits per heavy atom. The molecule has 1 rings (SSSR count). The van der Waals surface area contributed by atoms with Crippen LogP contribution in [0.25, 0.3) is 0 Å². The van der Waals surface area contributed by atoms with Crippen LogP contribution in [0, 0.1) is 0 Å². The molecule has 2 atom stereocenters. The van der Waals surface area contributed by atoms with Gasteiger partial charge in [-0.05, 0) is 18.2 Å². The molecule has 4 N–H and O–H groups in total. The number of nitrogens with two attached hydrogens (primary N) is 1. The first-order valence-electron chi connectivity index (χ1n) is 4.08. The fraction of sp³-hybridized carbons (Fsp3) is 0.333. The van der Waals surface area contributed by atoms with Crippen LogP contribution < -0.4 is 5.73 Å². The monoisotopic (exact) mass is 233 g/mol. The van der Waals surface area contributed by atoms with Gasteiger partial charge >= 0.3 is 0 Å². The molecule has 0 saturated heterocycles. The maximum absolute atomic E-state index is 9.66. The van der Waals surface area contributed by atoms with Gasteiger partial charge in [-0.15, -0.1) is 0 Å². The van der Waals surface area contributed by atoms with Crippen LogP contribution in [0.3, 0.4) is 0 Å². The minimum atomic E-state index is -1.05. The van der Waals surface area contributed by atoms with E-state index < -0.39 is 12.2 Å². The van der Waals surface area contributed by atoms with Crippen LogP contribution in [0.15, 0.2) is 18.2 Å². The fourth-order valence-electron chi connectivity index (χ4n) is 1.11. The molecule has 2 unspecified atom stereocenters. The number of hydrogen-bond acceptors (Lipinski definition) is 4. The first-order chi connectivity index (χ1) is 6.56. The number of aliphatic hydroxyl groups is 2. The van der Waals surface area contributed by atoms with Crippen molar-refractivity contribution in [2.75, 3.05) is 11.5 Å². The van der Waals surface area contributed by atoms with Gasteiger partial charge in [-0.1, -0.05) is 11.6 Å². The van der Waals surface area contributed by atoms with Gasteiger partial charge in [-0.3, -0.25) is 0 Å². The highest BCUT2D eigenvalue weighted by atomic mass is 35.5. The lowest BCUT2D eigenvalue weighted by Crippen LogP contribution is -2.20. The molecule has 0 fully saturated rings. The number of hydrogen-bond donors (Lipinski definition) is 4. The summed E-state index contributed by atoms with van der Waals surface area (Å²) in [6.07, 6.45) is -2.00. The van der Waals surface area contributed by atoms with Crippen LogP contribution in [-0.2, 0) is 0 Å². The average molecular weight is 234 g/mol. The molecule has 14 heavy (non-hydrogen) atoms. The fourth-order valence-corrected chi connectivity index (χ4v) is 1.49. The Balaban J connectivity index is 2.99. The number of nitrogen functional groups attached to an aromatic ring is 1. The van der Waals surface area contributed by atoms with E-state index in [2.05, 4.69) is 12.6 Å². The molecule has 1 aromatic carbocycles. The van der Waals surface area contributed by atoms with Crippen molar-refractivity contribution in [3.05, 3.63) is 28.8 Å². The molecule has 1 aromatic rings. The van der Waals surface area contributed by atoms with Crippen molar-refractivity contribution in [3.63, 3.8) is 0 Å². The Morgan fingerprint density at radius 3 is 2.64 bits per heavy atom. The second-order valence-electron chi connectivity index (χ2n) is 2.97. The molecular formula is C9H12ClNO2S. The number of anilines is 1. The summed E-state index contributed by atoms with van der Waals surface area (Å²) in [5, 5.41) is 19.5. The van der Waals surface area contributed by atoms with E-state index in [9.17, 15) is 10.2 Å². The van der Waals surface area contributed by atoms with E-state index in [4.69, 9.17) is 17.3 Å². The van der Waals surface area contributed by atoms with E-state index in [0.717, 1.165) is 0 Å². The maximum Gasteiger partial charge on any atom is 0.108 e. The van der Waals surface area contributed by atoms with Crippen LogP contribution in [0.1, 0.15) is 11.7 Å². The van der Waals surface area contributed by atoms with Gasteiger partial charge in [0.15, 0.2) is 0 Å². The number of halogens is 1. The number of thiol groups is 1. The van der Waals surface area contributed by atoms with Crippen LogP contribution >= 0.6 is 24.2 Å². The van der Waals surface area contributed by atoms with Crippen molar-refractivity contribution in [1.29, 1.82) is 0 Å². The van der Waals surface area contributed by atoms with E-state index >= 15 is 0 Å².